The van der Waals surface area contributed by atoms with Gasteiger partial charge in [-0.05, 0) is 23.5 Å². The summed E-state index contributed by atoms with van der Waals surface area (Å²) in [5.74, 6) is 0.613. The summed E-state index contributed by atoms with van der Waals surface area (Å²) < 4.78 is 0. The molecule has 3 nitrogen and oxygen atoms in total. The number of fused-ring (bicyclic) bond motifs is 1. The highest BCUT2D eigenvalue weighted by molar-refractivity contribution is 5.81. The summed E-state index contributed by atoms with van der Waals surface area (Å²) in [5, 5.41) is 2.94. The number of rotatable bonds is 4. The van der Waals surface area contributed by atoms with Gasteiger partial charge in [0.2, 0.25) is 5.91 Å². The molecule has 92 valence electrons. The van der Waals surface area contributed by atoms with Crippen molar-refractivity contribution in [3.63, 3.8) is 0 Å². The van der Waals surface area contributed by atoms with Crippen LogP contribution in [0.15, 0.2) is 24.3 Å². The first-order valence-corrected chi connectivity index (χ1v) is 6.20. The van der Waals surface area contributed by atoms with Crippen LogP contribution in [-0.4, -0.2) is 18.5 Å². The molecular formula is C14H20N2O. The number of amides is 1. The fourth-order valence-corrected chi connectivity index (χ4v) is 2.19. The summed E-state index contributed by atoms with van der Waals surface area (Å²) in [5.41, 5.74) is 8.56. The lowest BCUT2D eigenvalue weighted by atomic mass is 9.77. The van der Waals surface area contributed by atoms with Crippen LogP contribution in [-0.2, 0) is 11.2 Å². The zero-order chi connectivity index (χ0) is 12.4. The zero-order valence-corrected chi connectivity index (χ0v) is 10.4. The van der Waals surface area contributed by atoms with Crippen molar-refractivity contribution in [3.05, 3.63) is 35.4 Å². The van der Waals surface area contributed by atoms with Gasteiger partial charge in [-0.3, -0.25) is 4.79 Å². The van der Waals surface area contributed by atoms with Gasteiger partial charge in [-0.2, -0.15) is 0 Å². The van der Waals surface area contributed by atoms with Crippen molar-refractivity contribution >= 4 is 5.91 Å². The number of nitrogens with one attached hydrogen (secondary N) is 1. The lowest BCUT2D eigenvalue weighted by Crippen LogP contribution is -2.45. The van der Waals surface area contributed by atoms with Gasteiger partial charge in [-0.25, -0.2) is 0 Å². The van der Waals surface area contributed by atoms with Gasteiger partial charge in [0.1, 0.15) is 0 Å². The second kappa shape index (κ2) is 4.88. The maximum atomic E-state index is 11.7. The third-order valence-electron chi connectivity index (χ3n) is 3.50. The van der Waals surface area contributed by atoms with Crippen molar-refractivity contribution in [2.45, 2.75) is 32.2 Å². The van der Waals surface area contributed by atoms with Crippen molar-refractivity contribution < 1.29 is 4.79 Å². The fourth-order valence-electron chi connectivity index (χ4n) is 2.19. The molecule has 3 heteroatoms. The molecule has 1 unspecified atom stereocenters. The van der Waals surface area contributed by atoms with Crippen molar-refractivity contribution in [2.75, 3.05) is 6.54 Å². The molecule has 0 saturated heterocycles. The van der Waals surface area contributed by atoms with E-state index in [1.807, 2.05) is 19.9 Å². The summed E-state index contributed by atoms with van der Waals surface area (Å²) in [7, 11) is 0. The predicted molar refractivity (Wildman–Crippen MR) is 68.7 cm³/mol. The van der Waals surface area contributed by atoms with Crippen molar-refractivity contribution in [1.29, 1.82) is 0 Å². The van der Waals surface area contributed by atoms with Crippen LogP contribution in [0.2, 0.25) is 0 Å². The van der Waals surface area contributed by atoms with E-state index in [0.717, 1.165) is 6.42 Å². The Bertz CT molecular complexity index is 414. The highest BCUT2D eigenvalue weighted by atomic mass is 16.2. The van der Waals surface area contributed by atoms with E-state index in [-0.39, 0.29) is 11.8 Å². The largest absolute Gasteiger partial charge is 0.354 e. The molecule has 3 N–H and O–H groups in total. The molecule has 0 fully saturated rings. The fraction of sp³-hybridized carbons (Fsp3) is 0.500. The Kier molecular flexibility index (Phi) is 3.48. The van der Waals surface area contributed by atoms with Crippen LogP contribution in [0.3, 0.4) is 0 Å². The van der Waals surface area contributed by atoms with E-state index in [1.165, 1.54) is 11.1 Å². The maximum Gasteiger partial charge on any atom is 0.237 e. The van der Waals surface area contributed by atoms with E-state index >= 15 is 0 Å². The SMILES string of the molecule is CC(C)[C@@H](N)C(=O)NCC1Cc2ccccc21. The molecule has 1 aromatic carbocycles. The minimum absolute atomic E-state index is 0.0376. The molecule has 0 aromatic heterocycles. The Morgan fingerprint density at radius 1 is 1.47 bits per heavy atom. The monoisotopic (exact) mass is 232 g/mol. The molecule has 0 heterocycles. The minimum Gasteiger partial charge on any atom is -0.354 e. The summed E-state index contributed by atoms with van der Waals surface area (Å²) in [6.07, 6.45) is 1.06. The molecule has 1 aromatic rings. The summed E-state index contributed by atoms with van der Waals surface area (Å²) in [6, 6.07) is 7.99. The van der Waals surface area contributed by atoms with Gasteiger partial charge >= 0.3 is 0 Å². The first-order chi connectivity index (χ1) is 8.09. The van der Waals surface area contributed by atoms with E-state index in [9.17, 15) is 4.79 Å². The average molecular weight is 232 g/mol. The van der Waals surface area contributed by atoms with E-state index in [0.29, 0.717) is 12.5 Å². The normalized spacial score (nSPS) is 19.4. The van der Waals surface area contributed by atoms with Crippen LogP contribution in [0.5, 0.6) is 0 Å². The molecule has 0 spiro atoms. The van der Waals surface area contributed by atoms with Crippen LogP contribution in [0, 0.1) is 5.92 Å². The predicted octanol–water partition coefficient (Wildman–Crippen LogP) is 1.43. The van der Waals surface area contributed by atoms with E-state index in [2.05, 4.69) is 23.5 Å². The third-order valence-corrected chi connectivity index (χ3v) is 3.50. The highest BCUT2D eigenvalue weighted by Crippen LogP contribution is 2.33. The van der Waals surface area contributed by atoms with Crippen LogP contribution in [0.1, 0.15) is 30.9 Å². The zero-order valence-electron chi connectivity index (χ0n) is 10.4. The van der Waals surface area contributed by atoms with Gasteiger partial charge < -0.3 is 11.1 Å². The van der Waals surface area contributed by atoms with Crippen LogP contribution < -0.4 is 11.1 Å². The number of nitrogens with two attached hydrogens (primary N) is 1. The first kappa shape index (κ1) is 12.1. The summed E-state index contributed by atoms with van der Waals surface area (Å²) >= 11 is 0. The van der Waals surface area contributed by atoms with E-state index in [1.54, 1.807) is 0 Å². The molecule has 1 aliphatic rings. The molecular weight excluding hydrogens is 212 g/mol. The smallest absolute Gasteiger partial charge is 0.237 e. The molecule has 2 atom stereocenters. The standard InChI is InChI=1S/C14H20N2O/c1-9(2)13(15)14(17)16-8-11-7-10-5-3-4-6-12(10)11/h3-6,9,11,13H,7-8,15H2,1-2H3,(H,16,17)/t11?,13-/m1/s1. The van der Waals surface area contributed by atoms with Crippen molar-refractivity contribution in [2.24, 2.45) is 11.7 Å². The van der Waals surface area contributed by atoms with Crippen LogP contribution in [0.4, 0.5) is 0 Å². The Hall–Kier alpha value is -1.35. The Labute approximate surface area is 102 Å². The summed E-state index contributed by atoms with van der Waals surface area (Å²) in [4.78, 5) is 11.7. The molecule has 0 aliphatic heterocycles. The van der Waals surface area contributed by atoms with Gasteiger partial charge in [0.15, 0.2) is 0 Å². The molecule has 2 rings (SSSR count). The number of hydrogen-bond donors (Lipinski definition) is 2. The highest BCUT2D eigenvalue weighted by Gasteiger charge is 2.26. The Morgan fingerprint density at radius 2 is 2.18 bits per heavy atom. The lowest BCUT2D eigenvalue weighted by Gasteiger charge is -2.30. The Balaban J connectivity index is 1.84. The molecule has 17 heavy (non-hydrogen) atoms. The van der Waals surface area contributed by atoms with Crippen molar-refractivity contribution in [3.8, 4) is 0 Å². The maximum absolute atomic E-state index is 11.7. The van der Waals surface area contributed by atoms with E-state index < -0.39 is 6.04 Å². The number of carbonyl (C=O) groups excluding carboxylic acids is 1. The minimum atomic E-state index is -0.398. The van der Waals surface area contributed by atoms with Gasteiger partial charge in [0, 0.05) is 12.5 Å². The van der Waals surface area contributed by atoms with Gasteiger partial charge in [0.25, 0.3) is 0 Å². The third kappa shape index (κ3) is 2.50. The lowest BCUT2D eigenvalue weighted by molar-refractivity contribution is -0.123. The molecule has 0 bridgehead atoms. The number of hydrogen-bond acceptors (Lipinski definition) is 2. The second-order valence-electron chi connectivity index (χ2n) is 5.11. The molecule has 0 radical (unpaired) electrons. The van der Waals surface area contributed by atoms with Gasteiger partial charge in [-0.15, -0.1) is 0 Å². The van der Waals surface area contributed by atoms with Gasteiger partial charge in [0.05, 0.1) is 6.04 Å². The molecule has 0 saturated carbocycles. The van der Waals surface area contributed by atoms with E-state index in [4.69, 9.17) is 5.73 Å². The topological polar surface area (TPSA) is 55.1 Å². The number of benzene rings is 1. The molecule has 1 aliphatic carbocycles. The van der Waals surface area contributed by atoms with Crippen LogP contribution in [0.25, 0.3) is 0 Å². The quantitative estimate of drug-likeness (QED) is 0.825. The average Bonchev–Trinajstić information content (AvgIpc) is 2.29. The van der Waals surface area contributed by atoms with Gasteiger partial charge in [-0.1, -0.05) is 38.1 Å². The number of carbonyl (C=O) groups is 1. The summed E-state index contributed by atoms with van der Waals surface area (Å²) in [6.45, 7) is 4.63. The van der Waals surface area contributed by atoms with Crippen LogP contribution >= 0.6 is 0 Å². The second-order valence-corrected chi connectivity index (χ2v) is 5.11. The first-order valence-electron chi connectivity index (χ1n) is 6.20. The van der Waals surface area contributed by atoms with Crippen molar-refractivity contribution in [1.82, 2.24) is 5.32 Å². The molecule has 1 amide bonds. The Morgan fingerprint density at radius 3 is 2.82 bits per heavy atom.